The summed E-state index contributed by atoms with van der Waals surface area (Å²) in [6.07, 6.45) is 2.40. The van der Waals surface area contributed by atoms with E-state index < -0.39 is 36.4 Å². The summed E-state index contributed by atoms with van der Waals surface area (Å²) in [7, 11) is -0.421. The zero-order valence-corrected chi connectivity index (χ0v) is 21.3. The van der Waals surface area contributed by atoms with Crippen molar-refractivity contribution in [3.05, 3.63) is 29.8 Å². The van der Waals surface area contributed by atoms with Crippen LogP contribution in [0.1, 0.15) is 73.3 Å². The molecule has 2 N–H and O–H groups in total. The van der Waals surface area contributed by atoms with E-state index in [1.807, 2.05) is 77.6 Å². The molecule has 1 unspecified atom stereocenters. The zero-order valence-electron chi connectivity index (χ0n) is 21.3. The van der Waals surface area contributed by atoms with E-state index in [0.29, 0.717) is 6.42 Å². The number of hydrogen-bond acceptors (Lipinski definition) is 6. The molecule has 1 amide bonds. The number of aliphatic hydroxyl groups excluding tert-OH is 1. The van der Waals surface area contributed by atoms with Crippen molar-refractivity contribution in [1.82, 2.24) is 10.2 Å². The van der Waals surface area contributed by atoms with Gasteiger partial charge < -0.3 is 24.1 Å². The van der Waals surface area contributed by atoms with Crippen molar-refractivity contribution >= 4 is 18.5 Å². The number of aliphatic hydroxyl groups is 1. The van der Waals surface area contributed by atoms with Crippen molar-refractivity contribution in [2.75, 3.05) is 13.1 Å². The van der Waals surface area contributed by atoms with Crippen LogP contribution in [0.2, 0.25) is 0 Å². The second kappa shape index (κ2) is 10.0. The number of likely N-dealkylation sites (tertiary alicyclic amines) is 1. The highest BCUT2D eigenvalue weighted by Crippen LogP contribution is 2.36. The third-order valence-electron chi connectivity index (χ3n) is 6.72. The SMILES string of the molecule is CC(C)(C)OC(O)N[C@@H](Cc1ccc(B2OC(C)(C)C(C)(C)O2)cc1)C(=O)N1CCCCC1. The van der Waals surface area contributed by atoms with Crippen molar-refractivity contribution in [2.45, 2.75) is 103 Å². The molecule has 33 heavy (non-hydrogen) atoms. The lowest BCUT2D eigenvalue weighted by Crippen LogP contribution is -2.53. The van der Waals surface area contributed by atoms with Crippen LogP contribution in [0.4, 0.5) is 0 Å². The molecule has 7 nitrogen and oxygen atoms in total. The zero-order chi connectivity index (χ0) is 24.4. The standard InChI is InChI=1S/C25H41BN2O5/c1-23(2,3)31-22(30)27-20(21(29)28-15-9-8-10-16-28)17-18-11-13-19(14-12-18)26-32-24(4,5)25(6,7)33-26/h11-14,20,22,27,30H,8-10,15-17H2,1-7H3/t20-,22?/m0/s1. The number of hydrogen-bond donors (Lipinski definition) is 2. The minimum Gasteiger partial charge on any atom is -0.399 e. The van der Waals surface area contributed by atoms with E-state index in [1.165, 1.54) is 0 Å². The summed E-state index contributed by atoms with van der Waals surface area (Å²) >= 11 is 0. The Balaban J connectivity index is 1.71. The molecule has 0 saturated carbocycles. The first kappa shape index (κ1) is 26.2. The molecule has 1 aromatic rings. The predicted molar refractivity (Wildman–Crippen MR) is 130 cm³/mol. The fourth-order valence-corrected chi connectivity index (χ4v) is 4.12. The monoisotopic (exact) mass is 460 g/mol. The van der Waals surface area contributed by atoms with E-state index in [2.05, 4.69) is 5.32 Å². The van der Waals surface area contributed by atoms with Gasteiger partial charge in [0.2, 0.25) is 12.3 Å². The molecule has 3 rings (SSSR count). The summed E-state index contributed by atoms with van der Waals surface area (Å²) in [6, 6.07) is 7.39. The van der Waals surface area contributed by atoms with Crippen LogP contribution in [-0.2, 0) is 25.3 Å². The molecule has 2 atom stereocenters. The number of nitrogens with one attached hydrogen (secondary N) is 1. The summed E-state index contributed by atoms with van der Waals surface area (Å²) in [5, 5.41) is 13.4. The van der Waals surface area contributed by atoms with Crippen molar-refractivity contribution < 1.29 is 23.9 Å². The van der Waals surface area contributed by atoms with Crippen LogP contribution in [-0.4, -0.2) is 65.4 Å². The highest BCUT2D eigenvalue weighted by Gasteiger charge is 2.51. The van der Waals surface area contributed by atoms with Gasteiger partial charge in [-0.2, -0.15) is 0 Å². The third-order valence-corrected chi connectivity index (χ3v) is 6.72. The Kier molecular flexibility index (Phi) is 7.96. The summed E-state index contributed by atoms with van der Waals surface area (Å²) < 4.78 is 17.9. The highest BCUT2D eigenvalue weighted by atomic mass is 16.7. The number of carbonyl (C=O) groups excluding carboxylic acids is 1. The van der Waals surface area contributed by atoms with Crippen molar-refractivity contribution in [3.8, 4) is 0 Å². The molecule has 0 radical (unpaired) electrons. The molecule has 2 fully saturated rings. The minimum atomic E-state index is -1.23. The summed E-state index contributed by atoms with van der Waals surface area (Å²) in [5.74, 6) is 0.00120. The maximum absolute atomic E-state index is 13.3. The molecule has 0 spiro atoms. The fourth-order valence-electron chi connectivity index (χ4n) is 4.12. The van der Waals surface area contributed by atoms with Gasteiger partial charge in [0.1, 0.15) is 0 Å². The number of piperidine rings is 1. The van der Waals surface area contributed by atoms with Gasteiger partial charge in [-0.25, -0.2) is 0 Å². The van der Waals surface area contributed by atoms with E-state index in [9.17, 15) is 9.90 Å². The van der Waals surface area contributed by atoms with E-state index in [1.54, 1.807) is 0 Å². The molecule has 0 aliphatic carbocycles. The van der Waals surface area contributed by atoms with E-state index in [0.717, 1.165) is 43.4 Å². The Hall–Kier alpha value is -1.45. The van der Waals surface area contributed by atoms with Gasteiger partial charge in [-0.05, 0) is 85.2 Å². The van der Waals surface area contributed by atoms with Gasteiger partial charge >= 0.3 is 7.12 Å². The highest BCUT2D eigenvalue weighted by molar-refractivity contribution is 6.62. The Labute approximate surface area is 199 Å². The average molecular weight is 460 g/mol. The molecule has 2 saturated heterocycles. The Morgan fingerprint density at radius 3 is 2.15 bits per heavy atom. The molecular formula is C25H41BN2O5. The molecule has 2 heterocycles. The number of rotatable bonds is 7. The molecule has 0 bridgehead atoms. The van der Waals surface area contributed by atoms with E-state index in [4.69, 9.17) is 14.0 Å². The lowest BCUT2D eigenvalue weighted by atomic mass is 9.78. The smallest absolute Gasteiger partial charge is 0.399 e. The number of nitrogens with zero attached hydrogens (tertiary/aromatic N) is 1. The molecular weight excluding hydrogens is 419 g/mol. The minimum absolute atomic E-state index is 0.00120. The lowest BCUT2D eigenvalue weighted by Gasteiger charge is -2.33. The Morgan fingerprint density at radius 1 is 1.09 bits per heavy atom. The molecule has 2 aliphatic rings. The van der Waals surface area contributed by atoms with Crippen LogP contribution < -0.4 is 10.8 Å². The summed E-state index contributed by atoms with van der Waals surface area (Å²) in [4.78, 5) is 15.2. The number of benzene rings is 1. The summed E-state index contributed by atoms with van der Waals surface area (Å²) in [5.41, 5.74) is 0.613. The summed E-state index contributed by atoms with van der Waals surface area (Å²) in [6.45, 7) is 15.3. The van der Waals surface area contributed by atoms with Gasteiger partial charge in [-0.3, -0.25) is 10.1 Å². The topological polar surface area (TPSA) is 80.3 Å². The Bertz CT molecular complexity index is 784. The van der Waals surface area contributed by atoms with Crippen LogP contribution in [0.5, 0.6) is 0 Å². The number of amides is 1. The van der Waals surface area contributed by atoms with Gasteiger partial charge in [0, 0.05) is 13.1 Å². The first-order valence-electron chi connectivity index (χ1n) is 12.1. The molecule has 2 aliphatic heterocycles. The fraction of sp³-hybridized carbons (Fsp3) is 0.720. The van der Waals surface area contributed by atoms with Crippen LogP contribution in [0.3, 0.4) is 0 Å². The van der Waals surface area contributed by atoms with Gasteiger partial charge in [0.25, 0.3) is 0 Å². The number of ether oxygens (including phenoxy) is 1. The lowest BCUT2D eigenvalue weighted by molar-refractivity contribution is -0.188. The molecule has 0 aromatic heterocycles. The van der Waals surface area contributed by atoms with Crippen LogP contribution >= 0.6 is 0 Å². The van der Waals surface area contributed by atoms with Crippen LogP contribution in [0.25, 0.3) is 0 Å². The van der Waals surface area contributed by atoms with Crippen molar-refractivity contribution in [2.24, 2.45) is 0 Å². The van der Waals surface area contributed by atoms with E-state index in [-0.39, 0.29) is 5.91 Å². The first-order valence-corrected chi connectivity index (χ1v) is 12.1. The normalized spacial score (nSPS) is 22.3. The second-order valence-electron chi connectivity index (χ2n) is 11.2. The van der Waals surface area contributed by atoms with Gasteiger partial charge in [0.05, 0.1) is 22.8 Å². The van der Waals surface area contributed by atoms with Crippen LogP contribution in [0.15, 0.2) is 24.3 Å². The molecule has 184 valence electrons. The second-order valence-corrected chi connectivity index (χ2v) is 11.2. The maximum Gasteiger partial charge on any atom is 0.494 e. The third kappa shape index (κ3) is 6.79. The van der Waals surface area contributed by atoms with Gasteiger partial charge in [-0.1, -0.05) is 24.3 Å². The van der Waals surface area contributed by atoms with Gasteiger partial charge in [-0.15, -0.1) is 0 Å². The maximum atomic E-state index is 13.3. The Morgan fingerprint density at radius 2 is 1.64 bits per heavy atom. The molecule has 8 heteroatoms. The van der Waals surface area contributed by atoms with Crippen molar-refractivity contribution in [3.63, 3.8) is 0 Å². The molecule has 1 aromatic carbocycles. The largest absolute Gasteiger partial charge is 0.494 e. The number of carbonyl (C=O) groups is 1. The van der Waals surface area contributed by atoms with Crippen molar-refractivity contribution in [1.29, 1.82) is 0 Å². The van der Waals surface area contributed by atoms with E-state index >= 15 is 0 Å². The average Bonchev–Trinajstić information content (AvgIpc) is 2.94. The van der Waals surface area contributed by atoms with Gasteiger partial charge in [0.15, 0.2) is 0 Å². The predicted octanol–water partition coefficient (Wildman–Crippen LogP) is 2.59. The first-order chi connectivity index (χ1) is 15.3. The quantitative estimate of drug-likeness (QED) is 0.481. The van der Waals surface area contributed by atoms with Crippen LogP contribution in [0, 0.1) is 0 Å².